The Morgan fingerprint density at radius 1 is 1.32 bits per heavy atom. The molecule has 1 unspecified atom stereocenters. The van der Waals surface area contributed by atoms with Gasteiger partial charge >= 0.3 is 0 Å². The van der Waals surface area contributed by atoms with Crippen LogP contribution in [0.2, 0.25) is 0 Å². The maximum atomic E-state index is 12.3. The lowest BCUT2D eigenvalue weighted by Gasteiger charge is -2.36. The zero-order valence-electron chi connectivity index (χ0n) is 11.0. The summed E-state index contributed by atoms with van der Waals surface area (Å²) in [5.41, 5.74) is 1.14. The van der Waals surface area contributed by atoms with Crippen LogP contribution in [0.5, 0.6) is 0 Å². The van der Waals surface area contributed by atoms with Crippen LogP contribution in [-0.4, -0.2) is 55.2 Å². The number of carbonyl (C=O) groups excluding carboxylic acids is 1. The molecular weight excluding hydrogens is 242 g/mol. The number of hydrogen-bond donors (Lipinski definition) is 0. The number of hydrogen-bond acceptors (Lipinski definition) is 4. The Bertz CT molecular complexity index is 424. The molecule has 1 aromatic rings. The minimum absolute atomic E-state index is 0.0879. The van der Waals surface area contributed by atoms with Crippen molar-refractivity contribution in [1.82, 2.24) is 9.88 Å². The van der Waals surface area contributed by atoms with Crippen LogP contribution in [-0.2, 0) is 9.53 Å². The third kappa shape index (κ3) is 2.71. The molecule has 0 bridgehead atoms. The molecule has 3 rings (SSSR count). The molecule has 1 aromatic heterocycles. The summed E-state index contributed by atoms with van der Waals surface area (Å²) in [4.78, 5) is 20.7. The van der Waals surface area contributed by atoms with E-state index in [4.69, 9.17) is 4.74 Å². The monoisotopic (exact) mass is 261 g/mol. The lowest BCUT2D eigenvalue weighted by Crippen LogP contribution is -2.50. The zero-order valence-corrected chi connectivity index (χ0v) is 11.0. The van der Waals surface area contributed by atoms with Crippen LogP contribution in [0.1, 0.15) is 6.42 Å². The van der Waals surface area contributed by atoms with Gasteiger partial charge < -0.3 is 14.5 Å². The van der Waals surface area contributed by atoms with E-state index in [0.717, 1.165) is 44.9 Å². The molecule has 2 aliphatic heterocycles. The van der Waals surface area contributed by atoms with Crippen LogP contribution in [0.25, 0.3) is 0 Å². The van der Waals surface area contributed by atoms with Crippen LogP contribution in [0.3, 0.4) is 0 Å². The SMILES string of the molecule is O=C(C1CCOC1)N1CCN(c2cccnc2)CC1. The van der Waals surface area contributed by atoms with Crippen LogP contribution in [0.4, 0.5) is 5.69 Å². The average Bonchev–Trinajstić information content (AvgIpc) is 3.02. The molecule has 102 valence electrons. The third-order valence-corrected chi connectivity index (χ3v) is 3.88. The summed E-state index contributed by atoms with van der Waals surface area (Å²) >= 11 is 0. The summed E-state index contributed by atoms with van der Waals surface area (Å²) < 4.78 is 5.29. The number of carbonyl (C=O) groups is 1. The molecule has 2 saturated heterocycles. The molecule has 0 aliphatic carbocycles. The topological polar surface area (TPSA) is 45.7 Å². The van der Waals surface area contributed by atoms with Crippen molar-refractivity contribution in [2.45, 2.75) is 6.42 Å². The number of rotatable bonds is 2. The van der Waals surface area contributed by atoms with Gasteiger partial charge in [-0.15, -0.1) is 0 Å². The Morgan fingerprint density at radius 3 is 2.79 bits per heavy atom. The van der Waals surface area contributed by atoms with Crippen LogP contribution < -0.4 is 4.90 Å². The van der Waals surface area contributed by atoms with Crippen molar-refractivity contribution in [2.75, 3.05) is 44.3 Å². The van der Waals surface area contributed by atoms with Gasteiger partial charge in [-0.2, -0.15) is 0 Å². The minimum Gasteiger partial charge on any atom is -0.381 e. The van der Waals surface area contributed by atoms with Gasteiger partial charge in [-0.3, -0.25) is 9.78 Å². The van der Waals surface area contributed by atoms with Crippen molar-refractivity contribution < 1.29 is 9.53 Å². The molecule has 1 amide bonds. The molecule has 0 aromatic carbocycles. The van der Waals surface area contributed by atoms with Gasteiger partial charge in [-0.1, -0.05) is 0 Å². The summed E-state index contributed by atoms with van der Waals surface area (Å²) in [5, 5.41) is 0. The Hall–Kier alpha value is -1.62. The highest BCUT2D eigenvalue weighted by atomic mass is 16.5. The fourth-order valence-corrected chi connectivity index (χ4v) is 2.71. The maximum absolute atomic E-state index is 12.3. The van der Waals surface area contributed by atoms with Crippen molar-refractivity contribution in [2.24, 2.45) is 5.92 Å². The highest BCUT2D eigenvalue weighted by Crippen LogP contribution is 2.19. The van der Waals surface area contributed by atoms with E-state index in [1.807, 2.05) is 17.2 Å². The van der Waals surface area contributed by atoms with E-state index in [9.17, 15) is 4.79 Å². The first-order valence-corrected chi connectivity index (χ1v) is 6.86. The molecule has 0 radical (unpaired) electrons. The number of piperazine rings is 1. The van der Waals surface area contributed by atoms with Crippen molar-refractivity contribution >= 4 is 11.6 Å². The molecule has 5 nitrogen and oxygen atoms in total. The minimum atomic E-state index is 0.0879. The van der Waals surface area contributed by atoms with E-state index in [2.05, 4.69) is 16.0 Å². The summed E-state index contributed by atoms with van der Waals surface area (Å²) in [6.07, 6.45) is 4.54. The van der Waals surface area contributed by atoms with E-state index in [-0.39, 0.29) is 11.8 Å². The molecule has 0 N–H and O–H groups in total. The highest BCUT2D eigenvalue weighted by Gasteiger charge is 2.30. The van der Waals surface area contributed by atoms with Gasteiger partial charge in [0.15, 0.2) is 0 Å². The molecule has 0 spiro atoms. The number of ether oxygens (including phenoxy) is 1. The number of amides is 1. The Morgan fingerprint density at radius 2 is 2.16 bits per heavy atom. The Balaban J connectivity index is 1.56. The van der Waals surface area contributed by atoms with Crippen LogP contribution >= 0.6 is 0 Å². The summed E-state index contributed by atoms with van der Waals surface area (Å²) in [6, 6.07) is 4.01. The largest absolute Gasteiger partial charge is 0.381 e. The van der Waals surface area contributed by atoms with Gasteiger partial charge in [0.25, 0.3) is 0 Å². The first-order valence-electron chi connectivity index (χ1n) is 6.86. The van der Waals surface area contributed by atoms with Crippen LogP contribution in [0, 0.1) is 5.92 Å². The van der Waals surface area contributed by atoms with Gasteiger partial charge in [-0.25, -0.2) is 0 Å². The fraction of sp³-hybridized carbons (Fsp3) is 0.571. The van der Waals surface area contributed by atoms with Gasteiger partial charge in [0.2, 0.25) is 5.91 Å². The van der Waals surface area contributed by atoms with Crippen molar-refractivity contribution in [3.8, 4) is 0 Å². The molecule has 19 heavy (non-hydrogen) atoms. The van der Waals surface area contributed by atoms with Gasteiger partial charge in [-0.05, 0) is 18.6 Å². The lowest BCUT2D eigenvalue weighted by atomic mass is 10.1. The predicted octanol–water partition coefficient (Wildman–Crippen LogP) is 0.767. The van der Waals surface area contributed by atoms with Gasteiger partial charge in [0.05, 0.1) is 24.4 Å². The normalized spacial score (nSPS) is 23.7. The van der Waals surface area contributed by atoms with E-state index in [0.29, 0.717) is 6.61 Å². The van der Waals surface area contributed by atoms with Crippen molar-refractivity contribution in [1.29, 1.82) is 0 Å². The average molecular weight is 261 g/mol. The lowest BCUT2D eigenvalue weighted by molar-refractivity contribution is -0.135. The van der Waals surface area contributed by atoms with Crippen LogP contribution in [0.15, 0.2) is 24.5 Å². The molecule has 2 fully saturated rings. The van der Waals surface area contributed by atoms with E-state index >= 15 is 0 Å². The predicted molar refractivity (Wildman–Crippen MR) is 72.0 cm³/mol. The van der Waals surface area contributed by atoms with E-state index in [1.165, 1.54) is 0 Å². The molecule has 2 aliphatic rings. The summed E-state index contributed by atoms with van der Waals surface area (Å²) in [7, 11) is 0. The fourth-order valence-electron chi connectivity index (χ4n) is 2.71. The number of anilines is 1. The molecule has 0 saturated carbocycles. The zero-order chi connectivity index (χ0) is 13.1. The van der Waals surface area contributed by atoms with Gasteiger partial charge in [0, 0.05) is 39.0 Å². The Labute approximate surface area is 113 Å². The second kappa shape index (κ2) is 5.57. The van der Waals surface area contributed by atoms with E-state index in [1.54, 1.807) is 6.20 Å². The molecule has 3 heterocycles. The molecule has 1 atom stereocenters. The number of pyridine rings is 1. The number of nitrogens with zero attached hydrogens (tertiary/aromatic N) is 3. The molecular formula is C14H19N3O2. The van der Waals surface area contributed by atoms with Gasteiger partial charge in [0.1, 0.15) is 0 Å². The van der Waals surface area contributed by atoms with Crippen molar-refractivity contribution in [3.05, 3.63) is 24.5 Å². The second-order valence-corrected chi connectivity index (χ2v) is 5.08. The van der Waals surface area contributed by atoms with E-state index < -0.39 is 0 Å². The highest BCUT2D eigenvalue weighted by molar-refractivity contribution is 5.79. The maximum Gasteiger partial charge on any atom is 0.228 e. The summed E-state index contributed by atoms with van der Waals surface area (Å²) in [6.45, 7) is 4.68. The van der Waals surface area contributed by atoms with Crippen molar-refractivity contribution in [3.63, 3.8) is 0 Å². The first kappa shape index (κ1) is 12.4. The third-order valence-electron chi connectivity index (χ3n) is 3.88. The number of aromatic nitrogens is 1. The molecule has 5 heteroatoms. The first-order chi connectivity index (χ1) is 9.34. The standard InChI is InChI=1S/C14H19N3O2/c18-14(12-3-9-19-11-12)17-7-5-16(6-8-17)13-2-1-4-15-10-13/h1-2,4,10,12H,3,5-9,11H2. The Kier molecular flexibility index (Phi) is 3.64. The quantitative estimate of drug-likeness (QED) is 0.789. The summed E-state index contributed by atoms with van der Waals surface area (Å²) in [5.74, 6) is 0.355. The smallest absolute Gasteiger partial charge is 0.228 e. The second-order valence-electron chi connectivity index (χ2n) is 5.08.